The minimum Gasteiger partial charge on any atom is -0.504 e. The number of ether oxygens (including phenoxy) is 2. The number of rotatable bonds is 5. The number of carbonyl (C=O) groups excluding carboxylic acids is 2. The first-order valence-electron chi connectivity index (χ1n) is 10.6. The molecular formula is C22H32N2O5. The predicted molar refractivity (Wildman–Crippen MR) is 109 cm³/mol. The van der Waals surface area contributed by atoms with Crippen LogP contribution in [-0.4, -0.2) is 54.4 Å². The Morgan fingerprint density at radius 3 is 2.48 bits per heavy atom. The summed E-state index contributed by atoms with van der Waals surface area (Å²) in [6.45, 7) is 3.44. The number of piperidine rings is 1. The molecule has 0 atom stereocenters. The second-order valence-corrected chi connectivity index (χ2v) is 8.28. The van der Waals surface area contributed by atoms with Gasteiger partial charge in [-0.15, -0.1) is 0 Å². The van der Waals surface area contributed by atoms with E-state index in [1.165, 1.54) is 13.2 Å². The standard InChI is InChI=1S/C22H32N2O5/c1-15-3-6-18(7-4-15)29-22(27)24-11-9-17(10-12-24)23-21(26)14-16-5-8-19(25)20(13-16)28-2/h5,8,13,15,17-18,25H,3-4,6-7,9-12,14H2,1-2H3,(H,23,26). The Balaban J connectivity index is 1.40. The molecule has 1 aliphatic heterocycles. The van der Waals surface area contributed by atoms with Gasteiger partial charge in [0.05, 0.1) is 13.5 Å². The van der Waals surface area contributed by atoms with Crippen molar-refractivity contribution in [2.45, 2.75) is 64.0 Å². The number of hydrogen-bond acceptors (Lipinski definition) is 5. The summed E-state index contributed by atoms with van der Waals surface area (Å²) in [5.41, 5.74) is 0.778. The van der Waals surface area contributed by atoms with Crippen molar-refractivity contribution in [2.24, 2.45) is 5.92 Å². The summed E-state index contributed by atoms with van der Waals surface area (Å²) in [5.74, 6) is 1.07. The molecule has 0 bridgehead atoms. The maximum atomic E-state index is 12.4. The summed E-state index contributed by atoms with van der Waals surface area (Å²) in [5, 5.41) is 12.7. The van der Waals surface area contributed by atoms with Crippen LogP contribution in [0.5, 0.6) is 11.5 Å². The van der Waals surface area contributed by atoms with Crippen molar-refractivity contribution in [3.63, 3.8) is 0 Å². The van der Waals surface area contributed by atoms with E-state index in [0.717, 1.165) is 50.0 Å². The molecule has 0 radical (unpaired) electrons. The number of phenols is 1. The smallest absolute Gasteiger partial charge is 0.410 e. The van der Waals surface area contributed by atoms with Crippen LogP contribution in [-0.2, 0) is 16.0 Å². The van der Waals surface area contributed by atoms with Crippen LogP contribution in [0.15, 0.2) is 18.2 Å². The van der Waals surface area contributed by atoms with E-state index in [0.29, 0.717) is 18.8 Å². The van der Waals surface area contributed by atoms with Crippen LogP contribution in [0.4, 0.5) is 4.79 Å². The van der Waals surface area contributed by atoms with Gasteiger partial charge in [-0.1, -0.05) is 13.0 Å². The number of benzene rings is 1. The van der Waals surface area contributed by atoms with Gasteiger partial charge in [0.2, 0.25) is 5.91 Å². The summed E-state index contributed by atoms with van der Waals surface area (Å²) in [4.78, 5) is 26.5. The Labute approximate surface area is 172 Å². The quantitative estimate of drug-likeness (QED) is 0.787. The predicted octanol–water partition coefficient (Wildman–Crippen LogP) is 3.24. The number of methoxy groups -OCH3 is 1. The Morgan fingerprint density at radius 2 is 1.83 bits per heavy atom. The summed E-state index contributed by atoms with van der Waals surface area (Å²) >= 11 is 0. The molecule has 0 spiro atoms. The average Bonchev–Trinajstić information content (AvgIpc) is 2.71. The van der Waals surface area contributed by atoms with Crippen LogP contribution in [0.3, 0.4) is 0 Å². The molecule has 1 heterocycles. The Morgan fingerprint density at radius 1 is 1.14 bits per heavy atom. The normalized spacial score (nSPS) is 22.8. The van der Waals surface area contributed by atoms with Crippen LogP contribution < -0.4 is 10.1 Å². The highest BCUT2D eigenvalue weighted by atomic mass is 16.6. The topological polar surface area (TPSA) is 88.1 Å². The number of amides is 2. The molecule has 1 aromatic rings. The molecule has 2 fully saturated rings. The molecular weight excluding hydrogens is 372 g/mol. The average molecular weight is 405 g/mol. The van der Waals surface area contributed by atoms with E-state index >= 15 is 0 Å². The number of nitrogens with zero attached hydrogens (tertiary/aromatic N) is 1. The van der Waals surface area contributed by atoms with Gasteiger partial charge in [0.15, 0.2) is 11.5 Å². The van der Waals surface area contributed by atoms with Crippen molar-refractivity contribution in [3.8, 4) is 11.5 Å². The van der Waals surface area contributed by atoms with E-state index in [2.05, 4.69) is 12.2 Å². The van der Waals surface area contributed by atoms with Crippen LogP contribution in [0.25, 0.3) is 0 Å². The maximum absolute atomic E-state index is 12.4. The first kappa shape index (κ1) is 21.3. The summed E-state index contributed by atoms with van der Waals surface area (Å²) < 4.78 is 10.8. The Bertz CT molecular complexity index is 707. The van der Waals surface area contributed by atoms with Crippen molar-refractivity contribution in [1.29, 1.82) is 0 Å². The van der Waals surface area contributed by atoms with Crippen molar-refractivity contribution in [1.82, 2.24) is 10.2 Å². The molecule has 2 N–H and O–H groups in total. The van der Waals surface area contributed by atoms with Gasteiger partial charge in [0, 0.05) is 19.1 Å². The van der Waals surface area contributed by atoms with Gasteiger partial charge in [-0.05, 0) is 62.1 Å². The molecule has 3 rings (SSSR count). The molecule has 2 amide bonds. The monoisotopic (exact) mass is 404 g/mol. The van der Waals surface area contributed by atoms with E-state index in [9.17, 15) is 14.7 Å². The van der Waals surface area contributed by atoms with E-state index in [4.69, 9.17) is 9.47 Å². The van der Waals surface area contributed by atoms with Crippen molar-refractivity contribution < 1.29 is 24.2 Å². The molecule has 7 heteroatoms. The highest BCUT2D eigenvalue weighted by Gasteiger charge is 2.28. The zero-order chi connectivity index (χ0) is 20.8. The largest absolute Gasteiger partial charge is 0.504 e. The van der Waals surface area contributed by atoms with Crippen LogP contribution in [0.1, 0.15) is 51.0 Å². The fraction of sp³-hybridized carbons (Fsp3) is 0.636. The summed E-state index contributed by atoms with van der Waals surface area (Å²) in [7, 11) is 1.48. The molecule has 1 aromatic carbocycles. The zero-order valence-corrected chi connectivity index (χ0v) is 17.4. The number of aromatic hydroxyl groups is 1. The van der Waals surface area contributed by atoms with Crippen LogP contribution >= 0.6 is 0 Å². The number of nitrogens with one attached hydrogen (secondary N) is 1. The summed E-state index contributed by atoms with van der Waals surface area (Å²) in [6, 6.07) is 4.96. The number of carbonyl (C=O) groups is 2. The fourth-order valence-electron chi connectivity index (χ4n) is 4.07. The molecule has 0 unspecified atom stereocenters. The first-order valence-corrected chi connectivity index (χ1v) is 10.6. The molecule has 1 saturated heterocycles. The second-order valence-electron chi connectivity index (χ2n) is 8.28. The highest BCUT2D eigenvalue weighted by Crippen LogP contribution is 2.27. The van der Waals surface area contributed by atoms with E-state index in [1.807, 2.05) is 0 Å². The van der Waals surface area contributed by atoms with Gasteiger partial charge in [0.1, 0.15) is 6.10 Å². The second kappa shape index (κ2) is 9.85. The Hall–Kier alpha value is -2.44. The number of hydrogen-bond donors (Lipinski definition) is 2. The molecule has 29 heavy (non-hydrogen) atoms. The van der Waals surface area contributed by atoms with Gasteiger partial charge in [0.25, 0.3) is 0 Å². The lowest BCUT2D eigenvalue weighted by Gasteiger charge is -2.34. The third-order valence-electron chi connectivity index (χ3n) is 5.96. The van der Waals surface area contributed by atoms with Gasteiger partial charge < -0.3 is 24.8 Å². The lowest BCUT2D eigenvalue weighted by atomic mass is 9.89. The SMILES string of the molecule is COc1cc(CC(=O)NC2CCN(C(=O)OC3CCC(C)CC3)CC2)ccc1O. The van der Waals surface area contributed by atoms with Crippen LogP contribution in [0.2, 0.25) is 0 Å². The Kier molecular flexibility index (Phi) is 7.23. The van der Waals surface area contributed by atoms with Gasteiger partial charge in [-0.2, -0.15) is 0 Å². The van der Waals surface area contributed by atoms with Gasteiger partial charge >= 0.3 is 6.09 Å². The van der Waals surface area contributed by atoms with Crippen LogP contribution in [0, 0.1) is 5.92 Å². The number of phenolic OH excluding ortho intramolecular Hbond substituents is 1. The molecule has 160 valence electrons. The van der Waals surface area contributed by atoms with Crippen molar-refractivity contribution >= 4 is 12.0 Å². The molecule has 1 saturated carbocycles. The van der Waals surface area contributed by atoms with E-state index in [1.54, 1.807) is 17.0 Å². The minimum absolute atomic E-state index is 0.0541. The fourth-order valence-corrected chi connectivity index (χ4v) is 4.07. The highest BCUT2D eigenvalue weighted by molar-refractivity contribution is 5.79. The first-order chi connectivity index (χ1) is 13.9. The third-order valence-corrected chi connectivity index (χ3v) is 5.96. The molecule has 2 aliphatic rings. The zero-order valence-electron chi connectivity index (χ0n) is 17.4. The van der Waals surface area contributed by atoms with Crippen molar-refractivity contribution in [2.75, 3.05) is 20.2 Å². The molecule has 0 aromatic heterocycles. The molecule has 1 aliphatic carbocycles. The minimum atomic E-state index is -0.217. The third kappa shape index (κ3) is 6.02. The van der Waals surface area contributed by atoms with E-state index < -0.39 is 0 Å². The van der Waals surface area contributed by atoms with E-state index in [-0.39, 0.29) is 36.3 Å². The van der Waals surface area contributed by atoms with Crippen molar-refractivity contribution in [3.05, 3.63) is 23.8 Å². The van der Waals surface area contributed by atoms with Gasteiger partial charge in [-0.25, -0.2) is 4.79 Å². The lowest BCUT2D eigenvalue weighted by molar-refractivity contribution is -0.121. The molecule has 7 nitrogen and oxygen atoms in total. The maximum Gasteiger partial charge on any atom is 0.410 e. The number of likely N-dealkylation sites (tertiary alicyclic amines) is 1. The summed E-state index contributed by atoms with van der Waals surface area (Å²) in [6.07, 6.45) is 5.67. The van der Waals surface area contributed by atoms with Gasteiger partial charge in [-0.3, -0.25) is 4.79 Å². The lowest BCUT2D eigenvalue weighted by Crippen LogP contribution is -2.47.